The third-order valence-corrected chi connectivity index (χ3v) is 5.83. The van der Waals surface area contributed by atoms with Crippen molar-refractivity contribution in [3.63, 3.8) is 0 Å². The lowest BCUT2D eigenvalue weighted by Crippen LogP contribution is -3.19. The number of nitrogens with zero attached hydrogens (tertiary/aromatic N) is 2. The lowest BCUT2D eigenvalue weighted by Gasteiger charge is -2.48. The molecule has 1 fully saturated rings. The average molecular weight is 378 g/mol. The van der Waals surface area contributed by atoms with Crippen molar-refractivity contribution in [3.8, 4) is 0 Å². The van der Waals surface area contributed by atoms with Crippen LogP contribution in [-0.2, 0) is 10.3 Å². The van der Waals surface area contributed by atoms with E-state index in [1.54, 1.807) is 6.07 Å². The Bertz CT molecular complexity index is 842. The van der Waals surface area contributed by atoms with Gasteiger partial charge in [-0.1, -0.05) is 24.3 Å². The number of quaternary nitrogens is 1. The minimum Gasteiger partial charge on any atom is -0.391 e. The van der Waals surface area contributed by atoms with Crippen molar-refractivity contribution >= 4 is 11.6 Å². The van der Waals surface area contributed by atoms with Crippen molar-refractivity contribution in [2.75, 3.05) is 26.2 Å². The van der Waals surface area contributed by atoms with Gasteiger partial charge in [0, 0.05) is 27.4 Å². The van der Waals surface area contributed by atoms with Crippen LogP contribution in [0.2, 0.25) is 0 Å². The normalized spacial score (nSPS) is 31.9. The Morgan fingerprint density at radius 1 is 1.22 bits per heavy atom. The number of rotatable bonds is 6. The Morgan fingerprint density at radius 2 is 1.81 bits per heavy atom. The number of nitro groups is 2. The van der Waals surface area contributed by atoms with E-state index in [1.165, 1.54) is 25.1 Å². The second-order valence-corrected chi connectivity index (χ2v) is 7.27. The van der Waals surface area contributed by atoms with Gasteiger partial charge in [0.15, 0.2) is 13.1 Å². The van der Waals surface area contributed by atoms with E-state index in [0.717, 1.165) is 0 Å². The molecule has 2 aliphatic rings. The van der Waals surface area contributed by atoms with Gasteiger partial charge in [0.1, 0.15) is 18.2 Å². The first-order valence-electron chi connectivity index (χ1n) is 8.59. The Hall–Kier alpha value is -2.72. The maximum Gasteiger partial charge on any atom is 0.341 e. The number of carbonyl (C=O) groups excluding carboxylic acids is 2. The SMILES string of the molecule is CC(=O)C[C@@H]1[C@]2([N+](=O)[O-])C[NH+](CCO)C[C@@]1([N+](=O)[O-])c1ccccc1C2=O. The second-order valence-electron chi connectivity index (χ2n) is 7.27. The Morgan fingerprint density at radius 3 is 2.37 bits per heavy atom. The molecule has 2 N–H and O–H groups in total. The molecule has 1 aliphatic heterocycles. The fraction of sp³-hybridized carbons (Fsp3) is 0.529. The highest BCUT2D eigenvalue weighted by atomic mass is 16.6. The van der Waals surface area contributed by atoms with Gasteiger partial charge < -0.3 is 14.8 Å². The molecule has 1 saturated heterocycles. The van der Waals surface area contributed by atoms with Crippen LogP contribution >= 0.6 is 0 Å². The van der Waals surface area contributed by atoms with Crippen molar-refractivity contribution in [2.24, 2.45) is 5.92 Å². The van der Waals surface area contributed by atoms with E-state index < -0.39 is 44.8 Å². The average Bonchev–Trinajstić information content (AvgIpc) is 2.60. The highest BCUT2D eigenvalue weighted by molar-refractivity contribution is 6.06. The minimum absolute atomic E-state index is 0.0336. The summed E-state index contributed by atoms with van der Waals surface area (Å²) in [6.07, 6.45) is -0.436. The molecule has 0 saturated carbocycles. The highest BCUT2D eigenvalue weighted by Crippen LogP contribution is 2.50. The van der Waals surface area contributed by atoms with Crippen molar-refractivity contribution in [2.45, 2.75) is 24.4 Å². The van der Waals surface area contributed by atoms with Gasteiger partial charge in [-0.3, -0.25) is 25.0 Å². The molecule has 144 valence electrons. The monoisotopic (exact) mass is 378 g/mol. The van der Waals surface area contributed by atoms with E-state index in [0.29, 0.717) is 4.90 Å². The van der Waals surface area contributed by atoms with Crippen molar-refractivity contribution in [1.82, 2.24) is 0 Å². The number of benzene rings is 1. The van der Waals surface area contributed by atoms with Gasteiger partial charge in [-0.05, 0) is 6.92 Å². The van der Waals surface area contributed by atoms with E-state index in [4.69, 9.17) is 0 Å². The van der Waals surface area contributed by atoms with Crippen LogP contribution in [0.25, 0.3) is 0 Å². The van der Waals surface area contributed by atoms with Crippen molar-refractivity contribution in [1.29, 1.82) is 0 Å². The van der Waals surface area contributed by atoms with E-state index in [9.17, 15) is 34.9 Å². The van der Waals surface area contributed by atoms with Crippen LogP contribution < -0.4 is 4.90 Å². The fourth-order valence-corrected chi connectivity index (χ4v) is 4.80. The number of Topliss-reactive ketones (excluding diaryl/α,β-unsaturated/α-hetero) is 2. The van der Waals surface area contributed by atoms with Crippen LogP contribution in [0.5, 0.6) is 0 Å². The molecule has 0 spiro atoms. The first kappa shape index (κ1) is 19.1. The molecule has 1 aliphatic carbocycles. The van der Waals surface area contributed by atoms with Gasteiger partial charge >= 0.3 is 11.1 Å². The van der Waals surface area contributed by atoms with Crippen LogP contribution in [0.15, 0.2) is 24.3 Å². The molecular weight excluding hydrogens is 358 g/mol. The van der Waals surface area contributed by atoms with Gasteiger partial charge in [0.2, 0.25) is 5.78 Å². The number of likely N-dealkylation sites (tertiary alicyclic amines) is 1. The van der Waals surface area contributed by atoms with Crippen LogP contribution in [0, 0.1) is 26.1 Å². The van der Waals surface area contributed by atoms with Crippen LogP contribution in [-0.4, -0.2) is 58.3 Å². The number of fused-ring (bicyclic) bond motifs is 4. The fourth-order valence-electron chi connectivity index (χ4n) is 4.80. The van der Waals surface area contributed by atoms with Crippen molar-refractivity contribution in [3.05, 3.63) is 55.6 Å². The molecule has 4 atom stereocenters. The van der Waals surface area contributed by atoms with E-state index in [-0.39, 0.29) is 37.4 Å². The van der Waals surface area contributed by atoms with Gasteiger partial charge in [0.25, 0.3) is 0 Å². The summed E-state index contributed by atoms with van der Waals surface area (Å²) in [5.41, 5.74) is -4.16. The Kier molecular flexibility index (Phi) is 4.56. The van der Waals surface area contributed by atoms with Gasteiger partial charge in [0.05, 0.1) is 6.61 Å². The summed E-state index contributed by atoms with van der Waals surface area (Å²) in [7, 11) is 0. The van der Waals surface area contributed by atoms with Gasteiger partial charge in [-0.15, -0.1) is 0 Å². The predicted molar refractivity (Wildman–Crippen MR) is 90.6 cm³/mol. The molecule has 1 aromatic carbocycles. The summed E-state index contributed by atoms with van der Waals surface area (Å²) < 4.78 is 0. The molecule has 10 nitrogen and oxygen atoms in total. The first-order valence-corrected chi connectivity index (χ1v) is 8.59. The molecule has 0 radical (unpaired) electrons. The lowest BCUT2D eigenvalue weighted by atomic mass is 9.56. The topological polar surface area (TPSA) is 145 Å². The summed E-state index contributed by atoms with van der Waals surface area (Å²) in [6.45, 7) is 0.470. The van der Waals surface area contributed by atoms with Crippen LogP contribution in [0.3, 0.4) is 0 Å². The number of aliphatic hydroxyl groups is 1. The zero-order chi connectivity index (χ0) is 20.0. The lowest BCUT2D eigenvalue weighted by molar-refractivity contribution is -0.948. The number of aliphatic hydroxyl groups excluding tert-OH is 1. The minimum atomic E-state index is -2.28. The Labute approximate surface area is 154 Å². The Balaban J connectivity index is 2.39. The van der Waals surface area contributed by atoms with Crippen LogP contribution in [0.1, 0.15) is 29.3 Å². The zero-order valence-corrected chi connectivity index (χ0v) is 14.7. The molecule has 1 aromatic rings. The standard InChI is InChI=1S/C17H19N3O7/c1-11(22)8-14-16(19(24)25)9-18(6-7-21)10-17(14,20(26)27)15(23)12-4-2-3-5-13(12)16/h2-5,14,21H,6-10H2,1H3/p+1/t14-,16+,17+/m0/s1. The number of hydrogen-bond donors (Lipinski definition) is 2. The summed E-state index contributed by atoms with van der Waals surface area (Å²) in [5.74, 6) is -2.64. The molecule has 2 bridgehead atoms. The molecule has 27 heavy (non-hydrogen) atoms. The predicted octanol–water partition coefficient (Wildman–Crippen LogP) is -1.14. The van der Waals surface area contributed by atoms with Crippen LogP contribution in [0.4, 0.5) is 0 Å². The number of ketones is 2. The number of hydrogen-bond acceptors (Lipinski definition) is 7. The summed E-state index contributed by atoms with van der Waals surface area (Å²) in [5, 5.41) is 33.8. The molecule has 0 aromatic heterocycles. The molecular formula is C17H20N3O7+. The number of nitrogens with one attached hydrogen (secondary N) is 1. The maximum atomic E-state index is 13.2. The highest BCUT2D eigenvalue weighted by Gasteiger charge is 2.79. The number of carbonyl (C=O) groups is 2. The maximum absolute atomic E-state index is 13.2. The zero-order valence-electron chi connectivity index (χ0n) is 14.7. The van der Waals surface area contributed by atoms with Crippen molar-refractivity contribution < 1.29 is 29.4 Å². The third-order valence-electron chi connectivity index (χ3n) is 5.83. The summed E-state index contributed by atoms with van der Waals surface area (Å²) >= 11 is 0. The number of piperidine rings is 1. The molecule has 10 heteroatoms. The van der Waals surface area contributed by atoms with E-state index in [2.05, 4.69) is 0 Å². The van der Waals surface area contributed by atoms with Gasteiger partial charge in [-0.2, -0.15) is 0 Å². The molecule has 3 rings (SSSR count). The summed E-state index contributed by atoms with van der Waals surface area (Å²) in [4.78, 5) is 48.7. The first-order chi connectivity index (χ1) is 12.7. The smallest absolute Gasteiger partial charge is 0.341 e. The quantitative estimate of drug-likeness (QED) is 0.470. The summed E-state index contributed by atoms with van der Waals surface area (Å²) in [6, 6.07) is 5.86. The third kappa shape index (κ3) is 2.47. The van der Waals surface area contributed by atoms with E-state index in [1.807, 2.05) is 0 Å². The largest absolute Gasteiger partial charge is 0.391 e. The van der Waals surface area contributed by atoms with Gasteiger partial charge in [-0.25, -0.2) is 0 Å². The molecule has 0 amide bonds. The van der Waals surface area contributed by atoms with E-state index >= 15 is 0 Å². The molecule has 1 heterocycles. The molecule has 1 unspecified atom stereocenters. The second kappa shape index (κ2) is 6.46.